The molecule has 0 aliphatic rings. The van der Waals surface area contributed by atoms with E-state index in [1.165, 1.54) is 29.1 Å². The van der Waals surface area contributed by atoms with Crippen LogP contribution in [0.4, 0.5) is 19.0 Å². The predicted octanol–water partition coefficient (Wildman–Crippen LogP) is 3.42. The van der Waals surface area contributed by atoms with Gasteiger partial charge in [-0.25, -0.2) is 13.1 Å². The molecular formula is C14H16F3N3O2S. The van der Waals surface area contributed by atoms with Gasteiger partial charge in [-0.1, -0.05) is 18.2 Å². The fourth-order valence-electron chi connectivity index (χ4n) is 2.06. The van der Waals surface area contributed by atoms with E-state index in [-0.39, 0.29) is 17.4 Å². The van der Waals surface area contributed by atoms with Crippen molar-refractivity contribution in [2.24, 2.45) is 0 Å². The van der Waals surface area contributed by atoms with Gasteiger partial charge in [0.15, 0.2) is 0 Å². The topological polar surface area (TPSA) is 64.0 Å². The van der Waals surface area contributed by atoms with E-state index in [1.807, 2.05) is 13.8 Å². The third kappa shape index (κ3) is 4.47. The van der Waals surface area contributed by atoms with E-state index in [0.29, 0.717) is 0 Å². The van der Waals surface area contributed by atoms with E-state index < -0.39 is 27.5 Å². The molecule has 0 radical (unpaired) electrons. The Balaban J connectivity index is 2.20. The molecule has 9 heteroatoms. The summed E-state index contributed by atoms with van der Waals surface area (Å²) in [6, 6.07) is 5.69. The molecule has 126 valence electrons. The summed E-state index contributed by atoms with van der Waals surface area (Å²) in [5.74, 6) is -0.285. The molecule has 0 aliphatic heterocycles. The Morgan fingerprint density at radius 1 is 1.26 bits per heavy atom. The van der Waals surface area contributed by atoms with Gasteiger partial charge >= 0.3 is 6.18 Å². The van der Waals surface area contributed by atoms with Crippen LogP contribution >= 0.6 is 0 Å². The molecule has 1 heterocycles. The summed E-state index contributed by atoms with van der Waals surface area (Å²) in [7, 11) is -3.85. The highest BCUT2D eigenvalue weighted by molar-refractivity contribution is 7.91. The Morgan fingerprint density at radius 2 is 1.96 bits per heavy atom. The van der Waals surface area contributed by atoms with Gasteiger partial charge in [0, 0.05) is 12.1 Å². The van der Waals surface area contributed by atoms with E-state index in [9.17, 15) is 21.6 Å². The van der Waals surface area contributed by atoms with Gasteiger partial charge in [0.25, 0.3) is 0 Å². The lowest BCUT2D eigenvalue weighted by Crippen LogP contribution is -2.19. The van der Waals surface area contributed by atoms with Gasteiger partial charge in [0.1, 0.15) is 5.82 Å². The van der Waals surface area contributed by atoms with Crippen LogP contribution in [0.1, 0.15) is 31.0 Å². The minimum atomic E-state index is -4.51. The Hall–Kier alpha value is -2.03. The Bertz CT molecular complexity index is 783. The zero-order valence-corrected chi connectivity index (χ0v) is 13.3. The van der Waals surface area contributed by atoms with Crippen LogP contribution in [0.15, 0.2) is 36.5 Å². The molecule has 0 aliphatic carbocycles. The molecule has 0 saturated heterocycles. The molecule has 0 saturated carbocycles. The molecule has 2 aromatic rings. The molecular weight excluding hydrogens is 331 g/mol. The van der Waals surface area contributed by atoms with Crippen LogP contribution in [-0.4, -0.2) is 18.2 Å². The number of benzene rings is 1. The van der Waals surface area contributed by atoms with Crippen molar-refractivity contribution < 1.29 is 21.6 Å². The van der Waals surface area contributed by atoms with E-state index in [1.54, 1.807) is 0 Å². The number of nitrogens with one attached hydrogen (secondary N) is 1. The second-order valence-electron chi connectivity index (χ2n) is 5.31. The number of hydrogen-bond donors (Lipinski definition) is 1. The third-order valence-corrected chi connectivity index (χ3v) is 4.26. The van der Waals surface area contributed by atoms with Crippen molar-refractivity contribution >= 4 is 15.8 Å². The largest absolute Gasteiger partial charge is 0.416 e. The summed E-state index contributed by atoms with van der Waals surface area (Å²) in [5, 5.41) is 3.99. The van der Waals surface area contributed by atoms with Gasteiger partial charge < -0.3 is 0 Å². The molecule has 0 bridgehead atoms. The molecule has 1 aromatic carbocycles. The van der Waals surface area contributed by atoms with Gasteiger partial charge in [-0.15, -0.1) is 0 Å². The molecule has 23 heavy (non-hydrogen) atoms. The minimum Gasteiger partial charge on any atom is -0.267 e. The minimum absolute atomic E-state index is 0.0583. The van der Waals surface area contributed by atoms with Crippen LogP contribution in [0.25, 0.3) is 0 Å². The average Bonchev–Trinajstić information content (AvgIpc) is 2.84. The van der Waals surface area contributed by atoms with Crippen molar-refractivity contribution in [3.05, 3.63) is 47.7 Å². The maximum atomic E-state index is 12.7. The number of halogens is 3. The van der Waals surface area contributed by atoms with Crippen LogP contribution in [0.5, 0.6) is 0 Å². The second-order valence-corrected chi connectivity index (χ2v) is 7.04. The fourth-order valence-corrected chi connectivity index (χ4v) is 3.23. The van der Waals surface area contributed by atoms with Crippen LogP contribution in [-0.2, 0) is 22.0 Å². The lowest BCUT2D eigenvalue weighted by molar-refractivity contribution is -0.137. The standard InChI is InChI=1S/C14H16F3N3O2S/c1-10(2)20-13(6-7-18-20)19-23(21,22)9-11-4-3-5-12(8-11)14(15,16)17/h3-8,10,19H,9H2,1-2H3. The first-order valence-electron chi connectivity index (χ1n) is 6.78. The number of alkyl halides is 3. The van der Waals surface area contributed by atoms with Gasteiger partial charge in [0.2, 0.25) is 10.0 Å². The summed E-state index contributed by atoms with van der Waals surface area (Å²) >= 11 is 0. The van der Waals surface area contributed by atoms with Crippen molar-refractivity contribution in [1.29, 1.82) is 0 Å². The van der Waals surface area contributed by atoms with Crippen molar-refractivity contribution in [3.63, 3.8) is 0 Å². The van der Waals surface area contributed by atoms with Crippen molar-refractivity contribution in [2.45, 2.75) is 31.8 Å². The van der Waals surface area contributed by atoms with E-state index in [0.717, 1.165) is 12.1 Å². The molecule has 0 fully saturated rings. The predicted molar refractivity (Wildman–Crippen MR) is 80.3 cm³/mol. The molecule has 1 N–H and O–H groups in total. The second kappa shape index (κ2) is 6.23. The molecule has 0 atom stereocenters. The zero-order chi connectivity index (χ0) is 17.3. The molecule has 0 spiro atoms. The van der Waals surface area contributed by atoms with Crippen LogP contribution in [0.2, 0.25) is 0 Å². The Labute approximate surface area is 132 Å². The number of aromatic nitrogens is 2. The van der Waals surface area contributed by atoms with Crippen molar-refractivity contribution in [2.75, 3.05) is 4.72 Å². The smallest absolute Gasteiger partial charge is 0.267 e. The van der Waals surface area contributed by atoms with E-state index in [2.05, 4.69) is 9.82 Å². The number of rotatable bonds is 5. The van der Waals surface area contributed by atoms with Crippen LogP contribution in [0.3, 0.4) is 0 Å². The number of nitrogens with zero attached hydrogens (tertiary/aromatic N) is 2. The lowest BCUT2D eigenvalue weighted by Gasteiger charge is -2.13. The summed E-state index contributed by atoms with van der Waals surface area (Å²) < 4.78 is 66.2. The number of sulfonamides is 1. The maximum absolute atomic E-state index is 12.7. The third-order valence-electron chi connectivity index (χ3n) is 3.03. The van der Waals surface area contributed by atoms with E-state index in [4.69, 9.17) is 0 Å². The molecule has 1 aromatic heterocycles. The van der Waals surface area contributed by atoms with Gasteiger partial charge in [-0.3, -0.25) is 4.72 Å². The summed E-state index contributed by atoms with van der Waals surface area (Å²) in [6.45, 7) is 3.66. The molecule has 0 unspecified atom stereocenters. The number of hydrogen-bond acceptors (Lipinski definition) is 3. The molecule has 2 rings (SSSR count). The highest BCUT2D eigenvalue weighted by Crippen LogP contribution is 2.30. The summed E-state index contributed by atoms with van der Waals surface area (Å²) in [6.07, 6.45) is -3.06. The van der Waals surface area contributed by atoms with Crippen LogP contribution in [0, 0.1) is 0 Å². The van der Waals surface area contributed by atoms with Gasteiger partial charge in [0.05, 0.1) is 17.5 Å². The average molecular weight is 347 g/mol. The normalized spacial score (nSPS) is 12.6. The highest BCUT2D eigenvalue weighted by atomic mass is 32.2. The van der Waals surface area contributed by atoms with E-state index >= 15 is 0 Å². The number of anilines is 1. The van der Waals surface area contributed by atoms with Crippen LogP contribution < -0.4 is 4.72 Å². The summed E-state index contributed by atoms with van der Waals surface area (Å²) in [5.41, 5.74) is -0.819. The maximum Gasteiger partial charge on any atom is 0.416 e. The zero-order valence-electron chi connectivity index (χ0n) is 12.5. The first-order valence-corrected chi connectivity index (χ1v) is 8.44. The molecule has 0 amide bonds. The Morgan fingerprint density at radius 3 is 2.57 bits per heavy atom. The highest BCUT2D eigenvalue weighted by Gasteiger charge is 2.30. The first kappa shape index (κ1) is 17.3. The Kier molecular flexibility index (Phi) is 4.69. The quantitative estimate of drug-likeness (QED) is 0.901. The monoisotopic (exact) mass is 347 g/mol. The van der Waals surface area contributed by atoms with Crippen molar-refractivity contribution in [3.8, 4) is 0 Å². The summed E-state index contributed by atoms with van der Waals surface area (Å²) in [4.78, 5) is 0. The first-order chi connectivity index (χ1) is 10.6. The van der Waals surface area contributed by atoms with Gasteiger partial charge in [-0.05, 0) is 25.5 Å². The SMILES string of the molecule is CC(C)n1nccc1NS(=O)(=O)Cc1cccc(C(F)(F)F)c1. The van der Waals surface area contributed by atoms with Crippen molar-refractivity contribution in [1.82, 2.24) is 9.78 Å². The fraction of sp³-hybridized carbons (Fsp3) is 0.357. The van der Waals surface area contributed by atoms with Gasteiger partial charge in [-0.2, -0.15) is 18.3 Å². The molecule has 5 nitrogen and oxygen atoms in total. The lowest BCUT2D eigenvalue weighted by atomic mass is 10.1.